The summed E-state index contributed by atoms with van der Waals surface area (Å²) in [5.74, 6) is 2.41. The highest BCUT2D eigenvalue weighted by Gasteiger charge is 2.26. The van der Waals surface area contributed by atoms with Crippen LogP contribution in [0.5, 0.6) is 0 Å². The van der Waals surface area contributed by atoms with Crippen molar-refractivity contribution in [3.63, 3.8) is 0 Å². The number of rotatable bonds is 9. The van der Waals surface area contributed by atoms with E-state index >= 15 is 0 Å². The van der Waals surface area contributed by atoms with Gasteiger partial charge in [-0.3, -0.25) is 4.79 Å². The van der Waals surface area contributed by atoms with Crippen LogP contribution in [0.3, 0.4) is 0 Å². The van der Waals surface area contributed by atoms with E-state index in [-0.39, 0.29) is 5.92 Å². The first kappa shape index (κ1) is 24.2. The lowest BCUT2D eigenvalue weighted by atomic mass is 9.97. The fourth-order valence-electron chi connectivity index (χ4n) is 4.73. The van der Waals surface area contributed by atoms with Crippen LogP contribution >= 0.6 is 0 Å². The molecule has 0 spiro atoms. The molecule has 3 rings (SSSR count). The van der Waals surface area contributed by atoms with Crippen LogP contribution in [-0.4, -0.2) is 47.0 Å². The molecule has 1 atom stereocenters. The smallest absolute Gasteiger partial charge is 0.225 e. The van der Waals surface area contributed by atoms with E-state index in [2.05, 4.69) is 60.9 Å². The molecule has 1 aromatic heterocycles. The van der Waals surface area contributed by atoms with E-state index in [1.165, 1.54) is 11.1 Å². The van der Waals surface area contributed by atoms with Crippen LogP contribution in [0, 0.1) is 12.8 Å². The third kappa shape index (κ3) is 6.08. The molecule has 1 aromatic carbocycles. The highest BCUT2D eigenvalue weighted by atomic mass is 16.2. The number of hydrogen-bond donors (Lipinski definition) is 0. The zero-order valence-electron chi connectivity index (χ0n) is 20.4. The van der Waals surface area contributed by atoms with E-state index in [0.717, 1.165) is 88.5 Å². The van der Waals surface area contributed by atoms with Crippen molar-refractivity contribution in [1.82, 2.24) is 14.9 Å². The number of hydrogen-bond acceptors (Lipinski definition) is 4. The van der Waals surface area contributed by atoms with Gasteiger partial charge in [-0.1, -0.05) is 63.9 Å². The molecule has 0 radical (unpaired) electrons. The molecule has 0 bridgehead atoms. The lowest BCUT2D eigenvalue weighted by molar-refractivity contribution is -0.135. The summed E-state index contributed by atoms with van der Waals surface area (Å²) in [7, 11) is 0. The topological polar surface area (TPSA) is 49.3 Å². The Kier molecular flexibility index (Phi) is 9.07. The van der Waals surface area contributed by atoms with Crippen LogP contribution in [0.1, 0.15) is 75.5 Å². The Labute approximate surface area is 194 Å². The average Bonchev–Trinajstić information content (AvgIpc) is 3.07. The van der Waals surface area contributed by atoms with Gasteiger partial charge in [0.05, 0.1) is 0 Å². The van der Waals surface area contributed by atoms with Crippen molar-refractivity contribution < 1.29 is 4.79 Å². The van der Waals surface area contributed by atoms with E-state index in [4.69, 9.17) is 9.97 Å². The van der Waals surface area contributed by atoms with Gasteiger partial charge in [-0.05, 0) is 38.2 Å². The molecule has 5 nitrogen and oxygen atoms in total. The van der Waals surface area contributed by atoms with Crippen molar-refractivity contribution in [2.75, 3.05) is 31.1 Å². The minimum atomic E-state index is 0.170. The van der Waals surface area contributed by atoms with Crippen molar-refractivity contribution in [3.05, 3.63) is 53.0 Å². The number of carbonyl (C=O) groups is 1. The monoisotopic (exact) mass is 436 g/mol. The van der Waals surface area contributed by atoms with Crippen LogP contribution in [0.2, 0.25) is 0 Å². The molecule has 1 fully saturated rings. The molecule has 1 aliphatic rings. The molecule has 32 heavy (non-hydrogen) atoms. The Balaban J connectivity index is 1.81. The number of benzene rings is 1. The minimum absolute atomic E-state index is 0.170. The summed E-state index contributed by atoms with van der Waals surface area (Å²) in [6.45, 7) is 11.9. The zero-order chi connectivity index (χ0) is 22.9. The van der Waals surface area contributed by atoms with Crippen LogP contribution < -0.4 is 4.90 Å². The summed E-state index contributed by atoms with van der Waals surface area (Å²) in [6.07, 6.45) is 6.94. The van der Waals surface area contributed by atoms with Gasteiger partial charge in [0.15, 0.2) is 0 Å². The highest BCUT2D eigenvalue weighted by molar-refractivity contribution is 5.79. The molecule has 0 unspecified atom stereocenters. The lowest BCUT2D eigenvalue weighted by Gasteiger charge is -2.27. The Hall–Kier alpha value is -2.43. The van der Waals surface area contributed by atoms with Crippen molar-refractivity contribution in [3.8, 4) is 0 Å². The molecule has 5 heteroatoms. The second-order valence-corrected chi connectivity index (χ2v) is 8.95. The standard InChI is InChI=1S/C27H40N4O/c1-5-8-15-23(6-2)27(32)31-17-12-16-30(18-19-31)26-24(20-22-13-10-9-11-14-22)25(7-3)28-21(4)29-26/h9-11,13-14,23H,5-8,12,15-20H2,1-4H3/t23-/m1/s1. The molecule has 0 aliphatic carbocycles. The maximum atomic E-state index is 13.2. The van der Waals surface area contributed by atoms with Crippen LogP contribution in [0.25, 0.3) is 0 Å². The zero-order valence-corrected chi connectivity index (χ0v) is 20.4. The summed E-state index contributed by atoms with van der Waals surface area (Å²) in [4.78, 5) is 27.4. The first-order chi connectivity index (χ1) is 15.6. The van der Waals surface area contributed by atoms with Gasteiger partial charge in [0.25, 0.3) is 0 Å². The molecule has 1 saturated heterocycles. The lowest BCUT2D eigenvalue weighted by Crippen LogP contribution is -2.39. The molecule has 1 amide bonds. The number of aromatic nitrogens is 2. The number of nitrogens with zero attached hydrogens (tertiary/aromatic N) is 4. The first-order valence-corrected chi connectivity index (χ1v) is 12.5. The van der Waals surface area contributed by atoms with Crippen molar-refractivity contribution in [2.45, 2.75) is 72.6 Å². The molecule has 0 saturated carbocycles. The first-order valence-electron chi connectivity index (χ1n) is 12.5. The van der Waals surface area contributed by atoms with Gasteiger partial charge in [0, 0.05) is 49.8 Å². The average molecular weight is 437 g/mol. The fourth-order valence-corrected chi connectivity index (χ4v) is 4.73. The largest absolute Gasteiger partial charge is 0.354 e. The van der Waals surface area contributed by atoms with E-state index in [0.29, 0.717) is 5.91 Å². The van der Waals surface area contributed by atoms with Crippen LogP contribution in [0.4, 0.5) is 5.82 Å². The SMILES string of the molecule is CCCC[C@@H](CC)C(=O)N1CCCN(c2nc(C)nc(CC)c2Cc2ccccc2)CC1. The van der Waals surface area contributed by atoms with Gasteiger partial charge in [-0.25, -0.2) is 9.97 Å². The van der Waals surface area contributed by atoms with Gasteiger partial charge in [-0.2, -0.15) is 0 Å². The van der Waals surface area contributed by atoms with E-state index in [1.807, 2.05) is 6.92 Å². The molecule has 2 heterocycles. The van der Waals surface area contributed by atoms with E-state index in [1.54, 1.807) is 0 Å². The second kappa shape index (κ2) is 12.0. The summed E-state index contributed by atoms with van der Waals surface area (Å²) in [6, 6.07) is 10.6. The second-order valence-electron chi connectivity index (χ2n) is 8.95. The van der Waals surface area contributed by atoms with E-state index in [9.17, 15) is 4.79 Å². The highest BCUT2D eigenvalue weighted by Crippen LogP contribution is 2.26. The summed E-state index contributed by atoms with van der Waals surface area (Å²) < 4.78 is 0. The van der Waals surface area contributed by atoms with Gasteiger partial charge >= 0.3 is 0 Å². The van der Waals surface area contributed by atoms with Crippen molar-refractivity contribution in [2.24, 2.45) is 5.92 Å². The third-order valence-electron chi connectivity index (χ3n) is 6.60. The van der Waals surface area contributed by atoms with Crippen molar-refractivity contribution >= 4 is 11.7 Å². The molecule has 2 aromatic rings. The number of carbonyl (C=O) groups excluding carboxylic acids is 1. The number of unbranched alkanes of at least 4 members (excludes halogenated alkanes) is 1. The third-order valence-corrected chi connectivity index (χ3v) is 6.60. The predicted octanol–water partition coefficient (Wildman–Crippen LogP) is 5.19. The normalized spacial score (nSPS) is 15.5. The Morgan fingerprint density at radius 2 is 1.81 bits per heavy atom. The van der Waals surface area contributed by atoms with Gasteiger partial charge in [0.2, 0.25) is 5.91 Å². The summed E-state index contributed by atoms with van der Waals surface area (Å²) in [5.41, 5.74) is 3.65. The molecular weight excluding hydrogens is 396 g/mol. The van der Waals surface area contributed by atoms with Crippen molar-refractivity contribution in [1.29, 1.82) is 0 Å². The van der Waals surface area contributed by atoms with Gasteiger partial charge in [-0.15, -0.1) is 0 Å². The van der Waals surface area contributed by atoms with E-state index < -0.39 is 0 Å². The molecule has 0 N–H and O–H groups in total. The van der Waals surface area contributed by atoms with Gasteiger partial charge < -0.3 is 9.80 Å². The summed E-state index contributed by atoms with van der Waals surface area (Å²) in [5, 5.41) is 0. The van der Waals surface area contributed by atoms with Gasteiger partial charge in [0.1, 0.15) is 11.6 Å². The molecule has 1 aliphatic heterocycles. The summed E-state index contributed by atoms with van der Waals surface area (Å²) >= 11 is 0. The van der Waals surface area contributed by atoms with Crippen LogP contribution in [0.15, 0.2) is 30.3 Å². The Morgan fingerprint density at radius 1 is 1.03 bits per heavy atom. The number of aryl methyl sites for hydroxylation is 2. The maximum absolute atomic E-state index is 13.2. The number of anilines is 1. The molecular formula is C27H40N4O. The quantitative estimate of drug-likeness (QED) is 0.542. The predicted molar refractivity (Wildman–Crippen MR) is 132 cm³/mol. The van der Waals surface area contributed by atoms with Crippen LogP contribution in [-0.2, 0) is 17.6 Å². The Bertz CT molecular complexity index is 867. The fraction of sp³-hybridized carbons (Fsp3) is 0.593. The molecule has 174 valence electrons. The minimum Gasteiger partial charge on any atom is -0.354 e. The maximum Gasteiger partial charge on any atom is 0.225 e. The Morgan fingerprint density at radius 3 is 2.50 bits per heavy atom. The number of amides is 1.